The van der Waals surface area contributed by atoms with Gasteiger partial charge in [-0.05, 0) is 18.8 Å². The highest BCUT2D eigenvalue weighted by Crippen LogP contribution is 2.44. The van der Waals surface area contributed by atoms with Gasteiger partial charge < -0.3 is 5.11 Å². The second-order valence-electron chi connectivity index (χ2n) is 4.79. The van der Waals surface area contributed by atoms with Gasteiger partial charge in [0.2, 0.25) is 11.8 Å². The zero-order valence-electron chi connectivity index (χ0n) is 9.34. The molecule has 16 heavy (non-hydrogen) atoms. The topological polar surface area (TPSA) is 74.7 Å². The molecule has 2 amide bonds. The average Bonchev–Trinajstić information content (AvgIpc) is 2.43. The smallest absolute Gasteiger partial charge is 0.307 e. The molecule has 0 bridgehead atoms. The molecule has 0 aromatic carbocycles. The Morgan fingerprint density at radius 3 is 2.50 bits per heavy atom. The Morgan fingerprint density at radius 2 is 1.94 bits per heavy atom. The molecule has 1 aliphatic carbocycles. The van der Waals surface area contributed by atoms with E-state index in [9.17, 15) is 14.4 Å². The van der Waals surface area contributed by atoms with E-state index in [1.807, 2.05) is 6.92 Å². The van der Waals surface area contributed by atoms with Crippen LogP contribution in [0.15, 0.2) is 0 Å². The average molecular weight is 225 g/mol. The number of carboxylic acid groups (broad SMARTS) is 1. The number of hydrogen-bond donors (Lipinski definition) is 1. The number of imide groups is 1. The number of hydrogen-bond acceptors (Lipinski definition) is 3. The number of carbonyl (C=O) groups is 3. The summed E-state index contributed by atoms with van der Waals surface area (Å²) < 4.78 is 0. The highest BCUT2D eigenvalue weighted by atomic mass is 16.4. The summed E-state index contributed by atoms with van der Waals surface area (Å²) >= 11 is 0. The van der Waals surface area contributed by atoms with Gasteiger partial charge in [0.05, 0.1) is 17.8 Å². The van der Waals surface area contributed by atoms with Crippen LogP contribution in [0.4, 0.5) is 0 Å². The van der Waals surface area contributed by atoms with Crippen LogP contribution in [0.3, 0.4) is 0 Å². The third kappa shape index (κ3) is 1.34. The van der Waals surface area contributed by atoms with E-state index in [-0.39, 0.29) is 17.7 Å². The first-order valence-electron chi connectivity index (χ1n) is 5.49. The van der Waals surface area contributed by atoms with Gasteiger partial charge in [0, 0.05) is 7.05 Å². The fraction of sp³-hybridized carbons (Fsp3) is 0.727. The van der Waals surface area contributed by atoms with Gasteiger partial charge in [-0.1, -0.05) is 6.92 Å². The molecule has 0 spiro atoms. The molecule has 1 saturated carbocycles. The minimum absolute atomic E-state index is 0.0398. The maximum atomic E-state index is 11.9. The van der Waals surface area contributed by atoms with E-state index in [1.165, 1.54) is 7.05 Å². The van der Waals surface area contributed by atoms with Crippen LogP contribution in [-0.4, -0.2) is 34.8 Å². The predicted molar refractivity (Wildman–Crippen MR) is 54.3 cm³/mol. The molecular formula is C11H15NO4. The van der Waals surface area contributed by atoms with Crippen molar-refractivity contribution in [2.24, 2.45) is 23.7 Å². The molecule has 1 saturated heterocycles. The lowest BCUT2D eigenvalue weighted by Crippen LogP contribution is -2.40. The largest absolute Gasteiger partial charge is 0.481 e. The van der Waals surface area contributed by atoms with Crippen LogP contribution in [0, 0.1) is 23.7 Å². The maximum absolute atomic E-state index is 11.9. The van der Waals surface area contributed by atoms with Crippen molar-refractivity contribution in [3.8, 4) is 0 Å². The lowest BCUT2D eigenvalue weighted by molar-refractivity contribution is -0.152. The van der Waals surface area contributed by atoms with Crippen LogP contribution in [-0.2, 0) is 14.4 Å². The zero-order valence-corrected chi connectivity index (χ0v) is 9.34. The Labute approximate surface area is 93.4 Å². The molecule has 1 N–H and O–H groups in total. The van der Waals surface area contributed by atoms with E-state index >= 15 is 0 Å². The van der Waals surface area contributed by atoms with Crippen molar-refractivity contribution in [3.05, 3.63) is 0 Å². The number of nitrogens with zero attached hydrogens (tertiary/aromatic N) is 1. The highest BCUT2D eigenvalue weighted by Gasteiger charge is 2.55. The molecule has 0 unspecified atom stereocenters. The third-order valence-corrected chi connectivity index (χ3v) is 3.92. The molecule has 0 aromatic heterocycles. The lowest BCUT2D eigenvalue weighted by atomic mass is 9.68. The minimum Gasteiger partial charge on any atom is -0.481 e. The third-order valence-electron chi connectivity index (χ3n) is 3.92. The molecule has 2 aliphatic rings. The normalized spacial score (nSPS) is 38.8. The second kappa shape index (κ2) is 3.57. The van der Waals surface area contributed by atoms with E-state index in [2.05, 4.69) is 0 Å². The van der Waals surface area contributed by atoms with E-state index in [4.69, 9.17) is 5.11 Å². The molecule has 5 heteroatoms. The highest BCUT2D eigenvalue weighted by molar-refractivity contribution is 6.06. The number of carboxylic acids is 1. The summed E-state index contributed by atoms with van der Waals surface area (Å²) in [7, 11) is 1.44. The van der Waals surface area contributed by atoms with Gasteiger partial charge in [0.1, 0.15) is 0 Å². The number of amides is 2. The van der Waals surface area contributed by atoms with Gasteiger partial charge in [-0.3, -0.25) is 19.3 Å². The number of aliphatic carboxylic acids is 1. The van der Waals surface area contributed by atoms with Gasteiger partial charge >= 0.3 is 5.97 Å². The van der Waals surface area contributed by atoms with Crippen molar-refractivity contribution < 1.29 is 19.5 Å². The summed E-state index contributed by atoms with van der Waals surface area (Å²) in [6, 6.07) is 0. The van der Waals surface area contributed by atoms with Gasteiger partial charge in [0.25, 0.3) is 0 Å². The maximum Gasteiger partial charge on any atom is 0.307 e. The predicted octanol–water partition coefficient (Wildman–Crippen LogP) is 0.348. The quantitative estimate of drug-likeness (QED) is 0.653. The monoisotopic (exact) mass is 225 g/mol. The van der Waals surface area contributed by atoms with Crippen molar-refractivity contribution in [2.75, 3.05) is 7.05 Å². The summed E-state index contributed by atoms with van der Waals surface area (Å²) in [6.07, 6.45) is 1.33. The van der Waals surface area contributed by atoms with Crippen molar-refractivity contribution in [1.29, 1.82) is 0 Å². The lowest BCUT2D eigenvalue weighted by Gasteiger charge is -2.32. The first kappa shape index (κ1) is 11.1. The van der Waals surface area contributed by atoms with Crippen LogP contribution < -0.4 is 0 Å². The number of rotatable bonds is 1. The first-order chi connectivity index (χ1) is 7.45. The first-order valence-corrected chi connectivity index (χ1v) is 5.49. The molecule has 88 valence electrons. The Kier molecular flexibility index (Phi) is 2.48. The fourth-order valence-electron chi connectivity index (χ4n) is 2.99. The standard InChI is InChI=1S/C11H15NO4/c1-5-3-4-6-8(7(5)11(15)16)10(14)12(2)9(6)13/h5-8H,3-4H2,1-2H3,(H,15,16)/t5-,6-,7+,8-/m0/s1. The molecule has 1 heterocycles. The van der Waals surface area contributed by atoms with Crippen LogP contribution in [0.1, 0.15) is 19.8 Å². The van der Waals surface area contributed by atoms with Crippen LogP contribution in [0.25, 0.3) is 0 Å². The fourth-order valence-corrected chi connectivity index (χ4v) is 2.99. The Balaban J connectivity index is 2.37. The van der Waals surface area contributed by atoms with Crippen molar-refractivity contribution in [2.45, 2.75) is 19.8 Å². The van der Waals surface area contributed by atoms with Crippen LogP contribution in [0.5, 0.6) is 0 Å². The van der Waals surface area contributed by atoms with Crippen molar-refractivity contribution >= 4 is 17.8 Å². The molecular weight excluding hydrogens is 210 g/mol. The number of likely N-dealkylation sites (tertiary alicyclic amines) is 1. The molecule has 2 rings (SSSR count). The van der Waals surface area contributed by atoms with Gasteiger partial charge in [-0.2, -0.15) is 0 Å². The molecule has 0 aromatic rings. The zero-order chi connectivity index (χ0) is 12.0. The van der Waals surface area contributed by atoms with E-state index < -0.39 is 23.7 Å². The minimum atomic E-state index is -0.960. The van der Waals surface area contributed by atoms with Gasteiger partial charge in [-0.15, -0.1) is 0 Å². The molecule has 4 atom stereocenters. The summed E-state index contributed by atoms with van der Waals surface area (Å²) in [5.41, 5.74) is 0. The second-order valence-corrected chi connectivity index (χ2v) is 4.79. The molecule has 0 radical (unpaired) electrons. The van der Waals surface area contributed by atoms with Crippen LogP contribution in [0.2, 0.25) is 0 Å². The number of carbonyl (C=O) groups excluding carboxylic acids is 2. The Bertz CT molecular complexity index is 365. The van der Waals surface area contributed by atoms with E-state index in [0.717, 1.165) is 4.90 Å². The van der Waals surface area contributed by atoms with E-state index in [0.29, 0.717) is 12.8 Å². The molecule has 2 fully saturated rings. The van der Waals surface area contributed by atoms with E-state index in [1.54, 1.807) is 0 Å². The Hall–Kier alpha value is -1.39. The summed E-state index contributed by atoms with van der Waals surface area (Å²) in [4.78, 5) is 35.9. The van der Waals surface area contributed by atoms with Gasteiger partial charge in [0.15, 0.2) is 0 Å². The van der Waals surface area contributed by atoms with Crippen molar-refractivity contribution in [3.63, 3.8) is 0 Å². The summed E-state index contributed by atoms with van der Waals surface area (Å²) in [5, 5.41) is 9.16. The SMILES string of the molecule is C[C@H]1CC[C@@H]2C(=O)N(C)C(=O)[C@@H]2[C@@H]1C(=O)O. The number of fused-ring (bicyclic) bond motifs is 1. The van der Waals surface area contributed by atoms with Gasteiger partial charge in [-0.25, -0.2) is 0 Å². The summed E-state index contributed by atoms with van der Waals surface area (Å²) in [5.74, 6) is -3.29. The van der Waals surface area contributed by atoms with Crippen LogP contribution >= 0.6 is 0 Å². The summed E-state index contributed by atoms with van der Waals surface area (Å²) in [6.45, 7) is 1.84. The van der Waals surface area contributed by atoms with Crippen molar-refractivity contribution in [1.82, 2.24) is 4.90 Å². The Morgan fingerprint density at radius 1 is 1.31 bits per heavy atom. The molecule has 5 nitrogen and oxygen atoms in total. The molecule has 1 aliphatic heterocycles.